The van der Waals surface area contributed by atoms with Crippen LogP contribution in [-0.2, 0) is 6.42 Å². The van der Waals surface area contributed by atoms with E-state index < -0.39 is 12.4 Å². The molecule has 256 valence electrons. The third-order valence-electron chi connectivity index (χ3n) is 6.49. The second-order valence-corrected chi connectivity index (χ2v) is 12.1. The van der Waals surface area contributed by atoms with Gasteiger partial charge in [-0.15, -0.1) is 0 Å². The summed E-state index contributed by atoms with van der Waals surface area (Å²) < 4.78 is 10.2. The summed E-state index contributed by atoms with van der Waals surface area (Å²) in [5.74, 6) is 2.43. The molecule has 0 saturated heterocycles. The van der Waals surface area contributed by atoms with Gasteiger partial charge in [0.25, 0.3) is 0 Å². The van der Waals surface area contributed by atoms with Gasteiger partial charge >= 0.3 is 0 Å². The van der Waals surface area contributed by atoms with Crippen molar-refractivity contribution in [2.24, 2.45) is 0 Å². The van der Waals surface area contributed by atoms with Crippen molar-refractivity contribution in [1.82, 2.24) is 0 Å². The van der Waals surface area contributed by atoms with Gasteiger partial charge < -0.3 is 29.9 Å². The standard InChI is InChI=1S/C13H11ClO.C10H13ClO.C9H12O2.C8H10O2/c14-12-6-7-13(15)11(9-12)8-10-4-2-1-3-5-10;1-6(2)8-5-9(11)7(3)4-10(8)12;1-8(10)7-11-9-5-3-2-4-6-9;1-7(9)10-8-5-3-2-4-6-8/h1-7,9,15H,8H2;4-6,12H,1-3H3;2-6,8,10H,7H2,1H3;2-7,9H,1H3. The van der Waals surface area contributed by atoms with Gasteiger partial charge in [0.15, 0.2) is 6.29 Å². The van der Waals surface area contributed by atoms with Crippen LogP contribution in [0.3, 0.4) is 0 Å². The summed E-state index contributed by atoms with van der Waals surface area (Å²) in [4.78, 5) is 0. The van der Waals surface area contributed by atoms with Crippen molar-refractivity contribution < 1.29 is 29.9 Å². The van der Waals surface area contributed by atoms with Gasteiger partial charge in [-0.3, -0.25) is 0 Å². The number of hydrogen-bond donors (Lipinski definition) is 4. The van der Waals surface area contributed by atoms with E-state index in [2.05, 4.69) is 0 Å². The topological polar surface area (TPSA) is 99.4 Å². The number of halogens is 2. The van der Waals surface area contributed by atoms with Crippen LogP contribution in [0.15, 0.2) is 121 Å². The fraction of sp³-hybridized carbons (Fsp3) is 0.250. The molecular formula is C40H46Cl2O6. The summed E-state index contributed by atoms with van der Waals surface area (Å²) in [7, 11) is 0. The van der Waals surface area contributed by atoms with E-state index in [1.165, 1.54) is 0 Å². The highest BCUT2D eigenvalue weighted by atomic mass is 35.5. The Kier molecular flexibility index (Phi) is 18.0. The van der Waals surface area contributed by atoms with Crippen molar-refractivity contribution in [3.8, 4) is 23.0 Å². The summed E-state index contributed by atoms with van der Waals surface area (Å²) in [6.45, 7) is 9.56. The van der Waals surface area contributed by atoms with E-state index in [0.717, 1.165) is 33.0 Å². The summed E-state index contributed by atoms with van der Waals surface area (Å²) >= 11 is 11.8. The Morgan fingerprint density at radius 3 is 1.71 bits per heavy atom. The van der Waals surface area contributed by atoms with Crippen LogP contribution in [0.4, 0.5) is 0 Å². The lowest BCUT2D eigenvalue weighted by Gasteiger charge is -2.09. The first-order valence-corrected chi connectivity index (χ1v) is 16.4. The van der Waals surface area contributed by atoms with E-state index in [9.17, 15) is 10.2 Å². The quantitative estimate of drug-likeness (QED) is 0.121. The molecule has 0 aliphatic rings. The van der Waals surface area contributed by atoms with Gasteiger partial charge in [-0.1, -0.05) is 104 Å². The minimum absolute atomic E-state index is 0.295. The number of aromatic hydroxyl groups is 2. The molecule has 0 aromatic heterocycles. The molecule has 2 unspecified atom stereocenters. The zero-order chi connectivity index (χ0) is 35.5. The fourth-order valence-corrected chi connectivity index (χ4v) is 4.45. The third kappa shape index (κ3) is 16.1. The molecule has 6 nitrogen and oxygen atoms in total. The molecule has 0 saturated carbocycles. The second kappa shape index (κ2) is 21.6. The largest absolute Gasteiger partial charge is 0.508 e. The maximum Gasteiger partial charge on any atom is 0.194 e. The Labute approximate surface area is 294 Å². The highest BCUT2D eigenvalue weighted by Gasteiger charge is 2.08. The van der Waals surface area contributed by atoms with Crippen LogP contribution in [0.1, 0.15) is 55.9 Å². The minimum Gasteiger partial charge on any atom is -0.508 e. The van der Waals surface area contributed by atoms with Crippen LogP contribution in [0.2, 0.25) is 10.0 Å². The Morgan fingerprint density at radius 1 is 0.646 bits per heavy atom. The van der Waals surface area contributed by atoms with Crippen LogP contribution < -0.4 is 9.47 Å². The maximum atomic E-state index is 9.64. The van der Waals surface area contributed by atoms with Crippen molar-refractivity contribution in [3.05, 3.63) is 154 Å². The van der Waals surface area contributed by atoms with E-state index in [0.29, 0.717) is 41.2 Å². The SMILES string of the molecule is CC(O)COc1ccccc1.CC(O)Oc1ccccc1.Cc1cc(O)c(C(C)C)cc1Cl.Oc1ccc(Cl)cc1Cc1ccccc1. The average Bonchev–Trinajstić information content (AvgIpc) is 3.05. The van der Waals surface area contributed by atoms with Crippen molar-refractivity contribution in [3.63, 3.8) is 0 Å². The van der Waals surface area contributed by atoms with Crippen LogP contribution in [0.25, 0.3) is 0 Å². The number of phenols is 2. The van der Waals surface area contributed by atoms with Gasteiger partial charge in [-0.2, -0.15) is 0 Å². The molecule has 0 heterocycles. The molecule has 4 N–H and O–H groups in total. The third-order valence-corrected chi connectivity index (χ3v) is 7.14. The molecule has 0 spiro atoms. The predicted octanol–water partition coefficient (Wildman–Crippen LogP) is 9.96. The number of aliphatic hydroxyl groups is 2. The highest BCUT2D eigenvalue weighted by Crippen LogP contribution is 2.30. The van der Waals surface area contributed by atoms with E-state index in [-0.39, 0.29) is 0 Å². The molecule has 5 aromatic carbocycles. The van der Waals surface area contributed by atoms with E-state index in [1.54, 1.807) is 50.2 Å². The molecule has 0 aliphatic carbocycles. The summed E-state index contributed by atoms with van der Waals surface area (Å²) in [6, 6.07) is 37.3. The van der Waals surface area contributed by atoms with Crippen LogP contribution in [0, 0.1) is 6.92 Å². The predicted molar refractivity (Wildman–Crippen MR) is 197 cm³/mol. The first-order chi connectivity index (χ1) is 22.8. The monoisotopic (exact) mass is 692 g/mol. The van der Waals surface area contributed by atoms with Gasteiger partial charge in [-0.05, 0) is 104 Å². The molecule has 0 aliphatic heterocycles. The van der Waals surface area contributed by atoms with E-state index in [1.807, 2.05) is 106 Å². The number of aryl methyl sites for hydroxylation is 1. The molecule has 0 bridgehead atoms. The zero-order valence-electron chi connectivity index (χ0n) is 28.1. The van der Waals surface area contributed by atoms with E-state index >= 15 is 0 Å². The molecule has 0 fully saturated rings. The first-order valence-electron chi connectivity index (χ1n) is 15.6. The highest BCUT2D eigenvalue weighted by molar-refractivity contribution is 6.31. The summed E-state index contributed by atoms with van der Waals surface area (Å²) in [5.41, 5.74) is 3.84. The lowest BCUT2D eigenvalue weighted by molar-refractivity contribution is -0.000293. The molecule has 8 heteroatoms. The van der Waals surface area contributed by atoms with Gasteiger partial charge in [-0.25, -0.2) is 0 Å². The zero-order valence-corrected chi connectivity index (χ0v) is 29.6. The number of benzene rings is 5. The van der Waals surface area contributed by atoms with Gasteiger partial charge in [0.1, 0.15) is 29.6 Å². The Morgan fingerprint density at radius 2 is 1.19 bits per heavy atom. The molecule has 0 radical (unpaired) electrons. The van der Waals surface area contributed by atoms with Gasteiger partial charge in [0, 0.05) is 16.5 Å². The molecule has 48 heavy (non-hydrogen) atoms. The second-order valence-electron chi connectivity index (χ2n) is 11.3. The number of phenolic OH excluding ortho intramolecular Hbond substituents is 2. The molecule has 0 amide bonds. The maximum absolute atomic E-state index is 9.64. The number of para-hydroxylation sites is 2. The summed E-state index contributed by atoms with van der Waals surface area (Å²) in [5, 5.41) is 38.2. The van der Waals surface area contributed by atoms with E-state index in [4.69, 9.17) is 42.9 Å². The van der Waals surface area contributed by atoms with Crippen LogP contribution in [-0.4, -0.2) is 39.4 Å². The van der Waals surface area contributed by atoms with Crippen molar-refractivity contribution >= 4 is 23.2 Å². The number of rotatable bonds is 8. The number of hydrogen-bond acceptors (Lipinski definition) is 6. The number of aliphatic hydroxyl groups excluding tert-OH is 2. The molecule has 2 atom stereocenters. The Hall–Kier alpha value is -4.20. The van der Waals surface area contributed by atoms with Gasteiger partial charge in [0.2, 0.25) is 0 Å². The Balaban J connectivity index is 0.000000225. The first kappa shape index (κ1) is 40.0. The fourth-order valence-electron chi connectivity index (χ4n) is 4.09. The minimum atomic E-state index is -0.734. The smallest absolute Gasteiger partial charge is 0.194 e. The summed E-state index contributed by atoms with van der Waals surface area (Å²) in [6.07, 6.45) is -0.439. The van der Waals surface area contributed by atoms with Crippen molar-refractivity contribution in [1.29, 1.82) is 0 Å². The van der Waals surface area contributed by atoms with Crippen molar-refractivity contribution in [2.45, 2.75) is 59.4 Å². The lowest BCUT2D eigenvalue weighted by Crippen LogP contribution is -2.12. The molecular weight excluding hydrogens is 647 g/mol. The van der Waals surface area contributed by atoms with Gasteiger partial charge in [0.05, 0.1) is 6.10 Å². The molecule has 5 rings (SSSR count). The average molecular weight is 694 g/mol. The normalized spacial score (nSPS) is 11.4. The Bertz CT molecular complexity index is 1600. The lowest BCUT2D eigenvalue weighted by atomic mass is 10.0. The number of ether oxygens (including phenoxy) is 2. The van der Waals surface area contributed by atoms with Crippen molar-refractivity contribution in [2.75, 3.05) is 6.61 Å². The molecule has 5 aromatic rings. The van der Waals surface area contributed by atoms with Crippen LogP contribution in [0.5, 0.6) is 23.0 Å². The van der Waals surface area contributed by atoms with Crippen LogP contribution >= 0.6 is 23.2 Å².